The molecule has 2 aromatic heterocycles. The maximum atomic E-state index is 5.66. The first-order chi connectivity index (χ1) is 34.2. The second kappa shape index (κ2) is 15.2. The second-order valence-corrected chi connectivity index (χ2v) is 28.8. The minimum Gasteiger partial charge on any atom is -0.311 e. The summed E-state index contributed by atoms with van der Waals surface area (Å²) >= 11 is 0. The topological polar surface area (TPSA) is 32.3 Å². The van der Waals surface area contributed by atoms with Gasteiger partial charge in [-0.1, -0.05) is 172 Å². The molecule has 12 aromatic rings. The molecule has 2 aliphatic heterocycles. The van der Waals surface area contributed by atoms with Gasteiger partial charge in [-0.05, 0) is 131 Å². The average molecular weight is 929 g/mol. The van der Waals surface area contributed by atoms with Gasteiger partial charge in [0.1, 0.15) is 16.1 Å². The van der Waals surface area contributed by atoms with Crippen molar-refractivity contribution < 1.29 is 0 Å². The standard InChI is InChI=1S/C64H48N4Si2/c1-69(2)57-23-11-7-19-53(57)67(54-20-8-12-24-58(54)69)46-33-35-49-50(39-46)61(45-30-27-41-16-5-6-17-44(41)38-45)48-34-32-47(68-55-21-9-13-25-59(55)70(3,4)60-26-14-10-22-56(60)68)40-51(48)62(49)52-36-31-43-29-28-42-18-15-37-65-63(42)64(43)66-52/h5-40H,1-4H3. The molecule has 0 saturated heterocycles. The van der Waals surface area contributed by atoms with Crippen LogP contribution in [0.1, 0.15) is 0 Å². The van der Waals surface area contributed by atoms with Crippen molar-refractivity contribution in [1.29, 1.82) is 0 Å². The molecule has 0 atom stereocenters. The lowest BCUT2D eigenvalue weighted by Crippen LogP contribution is -2.58. The second-order valence-electron chi connectivity index (χ2n) is 20.2. The highest BCUT2D eigenvalue weighted by atomic mass is 28.3. The van der Waals surface area contributed by atoms with Gasteiger partial charge in [0.15, 0.2) is 0 Å². The molecule has 0 amide bonds. The van der Waals surface area contributed by atoms with Gasteiger partial charge in [0.05, 0.1) is 16.7 Å². The van der Waals surface area contributed by atoms with E-state index < -0.39 is 16.1 Å². The molecule has 0 fully saturated rings. The molecular formula is C64H48N4Si2. The predicted octanol–water partition coefficient (Wildman–Crippen LogP) is 14.8. The molecule has 0 radical (unpaired) electrons. The quantitative estimate of drug-likeness (QED) is 0.1000. The van der Waals surface area contributed by atoms with Gasteiger partial charge in [-0.25, -0.2) is 4.98 Å². The number of nitrogens with zero attached hydrogens (tertiary/aromatic N) is 4. The van der Waals surface area contributed by atoms with E-state index in [1.54, 1.807) is 0 Å². The molecular weight excluding hydrogens is 881 g/mol. The van der Waals surface area contributed by atoms with E-state index in [4.69, 9.17) is 9.97 Å². The number of fused-ring (bicyclic) bond motifs is 10. The van der Waals surface area contributed by atoms with Crippen LogP contribution in [0, 0.1) is 0 Å². The van der Waals surface area contributed by atoms with Crippen molar-refractivity contribution in [3.8, 4) is 22.4 Å². The number of hydrogen-bond acceptors (Lipinski definition) is 4. The van der Waals surface area contributed by atoms with E-state index >= 15 is 0 Å². The van der Waals surface area contributed by atoms with Crippen LogP contribution in [0.25, 0.3) is 76.5 Å². The Balaban J connectivity index is 1.12. The zero-order valence-corrected chi connectivity index (χ0v) is 41.6. The molecule has 2 aliphatic rings. The summed E-state index contributed by atoms with van der Waals surface area (Å²) < 4.78 is 0. The lowest BCUT2D eigenvalue weighted by Gasteiger charge is -2.41. The van der Waals surface area contributed by atoms with E-state index in [1.165, 1.54) is 76.2 Å². The lowest BCUT2D eigenvalue weighted by atomic mass is 9.86. The molecule has 0 saturated carbocycles. The van der Waals surface area contributed by atoms with Crippen molar-refractivity contribution in [2.45, 2.75) is 26.2 Å². The van der Waals surface area contributed by atoms with Gasteiger partial charge < -0.3 is 9.80 Å². The van der Waals surface area contributed by atoms with Crippen molar-refractivity contribution in [1.82, 2.24) is 9.97 Å². The third-order valence-corrected chi connectivity index (χ3v) is 22.7. The highest BCUT2D eigenvalue weighted by Gasteiger charge is 2.40. The Labute approximate surface area is 409 Å². The average Bonchev–Trinajstić information content (AvgIpc) is 3.40. The van der Waals surface area contributed by atoms with E-state index in [2.05, 4.69) is 242 Å². The zero-order chi connectivity index (χ0) is 46.9. The molecule has 10 aromatic carbocycles. The van der Waals surface area contributed by atoms with E-state index in [0.717, 1.165) is 55.2 Å². The van der Waals surface area contributed by atoms with E-state index in [-0.39, 0.29) is 0 Å². The largest absolute Gasteiger partial charge is 0.311 e. The minimum atomic E-state index is -2.02. The molecule has 0 spiro atoms. The van der Waals surface area contributed by atoms with Crippen LogP contribution in [0.5, 0.6) is 0 Å². The molecule has 0 bridgehead atoms. The van der Waals surface area contributed by atoms with Crippen molar-refractivity contribution >= 4 is 125 Å². The van der Waals surface area contributed by atoms with Crippen LogP contribution < -0.4 is 30.5 Å². The summed E-state index contributed by atoms with van der Waals surface area (Å²) in [7, 11) is -4.03. The van der Waals surface area contributed by atoms with E-state index in [1.807, 2.05) is 12.3 Å². The Hall–Kier alpha value is -8.17. The number of benzene rings is 10. The van der Waals surface area contributed by atoms with Gasteiger partial charge in [-0.15, -0.1) is 0 Å². The highest BCUT2D eigenvalue weighted by molar-refractivity contribution is 7.03. The van der Waals surface area contributed by atoms with E-state index in [0.29, 0.717) is 0 Å². The smallest absolute Gasteiger partial charge is 0.117 e. The Morgan fingerprint density at radius 1 is 0.343 bits per heavy atom. The van der Waals surface area contributed by atoms with Crippen LogP contribution >= 0.6 is 0 Å². The SMILES string of the molecule is C[Si]1(C)c2ccccc2N(c2ccc3c(-c4ccc5ccc6cccnc6c5n4)c4cc(N5c6ccccc6[Si](C)(C)c6ccccc65)ccc4c(-c4ccc5ccccc5c4)c3c2)c2ccccc21. The third kappa shape index (κ3) is 5.93. The van der Waals surface area contributed by atoms with Crippen LogP contribution in [0.3, 0.4) is 0 Å². The fraction of sp³-hybridized carbons (Fsp3) is 0.0625. The van der Waals surface area contributed by atoms with Gasteiger partial charge in [-0.2, -0.15) is 0 Å². The van der Waals surface area contributed by atoms with Crippen molar-refractivity contribution in [3.05, 3.63) is 219 Å². The summed E-state index contributed by atoms with van der Waals surface area (Å²) in [6, 6.07) is 79.4. The zero-order valence-electron chi connectivity index (χ0n) is 39.6. The third-order valence-electron chi connectivity index (χ3n) is 15.6. The number of pyridine rings is 2. The summed E-state index contributed by atoms with van der Waals surface area (Å²) in [5, 5.41) is 15.0. The Kier molecular flexibility index (Phi) is 8.85. The number of anilines is 6. The number of rotatable bonds is 4. The molecule has 70 heavy (non-hydrogen) atoms. The summed E-state index contributed by atoms with van der Waals surface area (Å²) in [6.07, 6.45) is 1.88. The van der Waals surface area contributed by atoms with Gasteiger partial charge in [0, 0.05) is 56.7 Å². The van der Waals surface area contributed by atoms with Gasteiger partial charge in [-0.3, -0.25) is 4.98 Å². The molecule has 4 nitrogen and oxygen atoms in total. The summed E-state index contributed by atoms with van der Waals surface area (Å²) in [6.45, 7) is 9.97. The fourth-order valence-electron chi connectivity index (χ4n) is 12.2. The first-order valence-corrected chi connectivity index (χ1v) is 30.4. The predicted molar refractivity (Wildman–Crippen MR) is 303 cm³/mol. The van der Waals surface area contributed by atoms with Crippen LogP contribution in [0.2, 0.25) is 26.2 Å². The molecule has 4 heterocycles. The molecule has 0 N–H and O–H groups in total. The number of hydrogen-bond donors (Lipinski definition) is 0. The van der Waals surface area contributed by atoms with Crippen LogP contribution in [-0.2, 0) is 0 Å². The fourth-order valence-corrected chi connectivity index (χ4v) is 18.1. The Morgan fingerprint density at radius 3 is 1.36 bits per heavy atom. The first-order valence-electron chi connectivity index (χ1n) is 24.4. The number of para-hydroxylation sites is 4. The molecule has 0 aliphatic carbocycles. The van der Waals surface area contributed by atoms with Crippen LogP contribution in [-0.4, -0.2) is 26.1 Å². The first kappa shape index (κ1) is 40.9. The maximum absolute atomic E-state index is 5.66. The van der Waals surface area contributed by atoms with Gasteiger partial charge in [0.2, 0.25) is 0 Å². The molecule has 0 unspecified atom stereocenters. The van der Waals surface area contributed by atoms with E-state index in [9.17, 15) is 0 Å². The number of aromatic nitrogens is 2. The van der Waals surface area contributed by atoms with Gasteiger partial charge in [0.25, 0.3) is 0 Å². The maximum Gasteiger partial charge on any atom is 0.117 e. The monoisotopic (exact) mass is 928 g/mol. The summed E-state index contributed by atoms with van der Waals surface area (Å²) in [5.41, 5.74) is 13.5. The summed E-state index contributed by atoms with van der Waals surface area (Å²) in [4.78, 5) is 15.6. The van der Waals surface area contributed by atoms with Crippen molar-refractivity contribution in [2.75, 3.05) is 9.80 Å². The van der Waals surface area contributed by atoms with Gasteiger partial charge >= 0.3 is 0 Å². The Bertz CT molecular complexity index is 4080. The molecule has 6 heteroatoms. The Morgan fingerprint density at radius 2 is 0.786 bits per heavy atom. The van der Waals surface area contributed by atoms with Crippen molar-refractivity contribution in [2.24, 2.45) is 0 Å². The van der Waals surface area contributed by atoms with Crippen LogP contribution in [0.15, 0.2) is 219 Å². The lowest BCUT2D eigenvalue weighted by molar-refractivity contribution is 1.29. The summed E-state index contributed by atoms with van der Waals surface area (Å²) in [5.74, 6) is 0. The van der Waals surface area contributed by atoms with Crippen LogP contribution in [0.4, 0.5) is 34.1 Å². The minimum absolute atomic E-state index is 0.905. The molecule has 14 rings (SSSR count). The normalized spacial score (nSPS) is 14.5. The molecule has 332 valence electrons. The van der Waals surface area contributed by atoms with Crippen molar-refractivity contribution in [3.63, 3.8) is 0 Å². The highest BCUT2D eigenvalue weighted by Crippen LogP contribution is 2.49.